The molecule has 0 bridgehead atoms. The van der Waals surface area contributed by atoms with E-state index in [1.54, 1.807) is 25.3 Å². The van der Waals surface area contributed by atoms with Crippen LogP contribution in [0.3, 0.4) is 0 Å². The second-order valence-electron chi connectivity index (χ2n) is 5.70. The number of hydrogen-bond acceptors (Lipinski definition) is 5. The highest BCUT2D eigenvalue weighted by Crippen LogP contribution is 2.21. The van der Waals surface area contributed by atoms with Crippen LogP contribution >= 0.6 is 11.3 Å². The molecule has 0 saturated carbocycles. The number of hydrogen-bond donors (Lipinski definition) is 2. The van der Waals surface area contributed by atoms with E-state index in [2.05, 4.69) is 15.3 Å². The van der Waals surface area contributed by atoms with Crippen molar-refractivity contribution in [2.75, 3.05) is 7.11 Å². The van der Waals surface area contributed by atoms with Crippen molar-refractivity contribution in [1.82, 2.24) is 15.3 Å². The average Bonchev–Trinajstić information content (AvgIpc) is 3.09. The van der Waals surface area contributed by atoms with Crippen LogP contribution in [0.25, 0.3) is 21.1 Å². The summed E-state index contributed by atoms with van der Waals surface area (Å²) >= 11 is 1.52. The number of carbonyl (C=O) groups is 1. The van der Waals surface area contributed by atoms with Gasteiger partial charge in [-0.15, -0.1) is 11.3 Å². The number of para-hydroxylation sites is 1. The summed E-state index contributed by atoms with van der Waals surface area (Å²) in [4.78, 5) is 32.5. The fraction of sp³-hybridized carbons (Fsp3) is 0.105. The van der Waals surface area contributed by atoms with Crippen molar-refractivity contribution in [2.24, 2.45) is 0 Å². The second kappa shape index (κ2) is 6.61. The minimum atomic E-state index is -0.428. The maximum absolute atomic E-state index is 12.6. The Labute approximate surface area is 152 Å². The first-order valence-electron chi connectivity index (χ1n) is 7.98. The molecule has 0 aliphatic rings. The van der Waals surface area contributed by atoms with E-state index in [1.165, 1.54) is 17.5 Å². The summed E-state index contributed by atoms with van der Waals surface area (Å²) in [5.41, 5.74) is 1.28. The standard InChI is InChI=1S/C19H15N3O3S/c1-25-11-6-7-12-15(8-11)20-9-13(18(12)23)19(24)21-10-17-22-14-4-2-3-5-16(14)26-17/h2-9H,10H2,1H3,(H,20,23)(H,21,24). The third-order valence-electron chi connectivity index (χ3n) is 4.07. The van der Waals surface area contributed by atoms with Crippen LogP contribution in [0.2, 0.25) is 0 Å². The Kier molecular flexibility index (Phi) is 4.14. The Morgan fingerprint density at radius 2 is 2.12 bits per heavy atom. The van der Waals surface area contributed by atoms with Crippen LogP contribution in [0.4, 0.5) is 0 Å². The van der Waals surface area contributed by atoms with E-state index in [-0.39, 0.29) is 17.5 Å². The first kappa shape index (κ1) is 16.3. The summed E-state index contributed by atoms with van der Waals surface area (Å²) in [6, 6.07) is 12.9. The van der Waals surface area contributed by atoms with Gasteiger partial charge in [0.15, 0.2) is 0 Å². The average molecular weight is 365 g/mol. The molecule has 26 heavy (non-hydrogen) atoms. The number of nitrogens with zero attached hydrogens (tertiary/aromatic N) is 1. The third-order valence-corrected chi connectivity index (χ3v) is 5.11. The number of ether oxygens (including phenoxy) is 1. The summed E-state index contributed by atoms with van der Waals surface area (Å²) in [7, 11) is 1.56. The fourth-order valence-corrected chi connectivity index (χ4v) is 3.65. The van der Waals surface area contributed by atoms with Crippen molar-refractivity contribution in [1.29, 1.82) is 0 Å². The van der Waals surface area contributed by atoms with Crippen LogP contribution < -0.4 is 15.5 Å². The van der Waals surface area contributed by atoms with E-state index in [0.29, 0.717) is 16.7 Å². The molecule has 6 nitrogen and oxygen atoms in total. The molecule has 2 heterocycles. The summed E-state index contributed by atoms with van der Waals surface area (Å²) in [5.74, 6) is 0.212. The van der Waals surface area contributed by atoms with Crippen molar-refractivity contribution in [2.45, 2.75) is 6.54 Å². The topological polar surface area (TPSA) is 84.1 Å². The molecular formula is C19H15N3O3S. The minimum Gasteiger partial charge on any atom is -0.497 e. The van der Waals surface area contributed by atoms with Gasteiger partial charge in [0.1, 0.15) is 16.3 Å². The van der Waals surface area contributed by atoms with E-state index >= 15 is 0 Å². The van der Waals surface area contributed by atoms with Crippen LogP contribution in [0.5, 0.6) is 5.75 Å². The van der Waals surface area contributed by atoms with E-state index in [1.807, 2.05) is 24.3 Å². The van der Waals surface area contributed by atoms with Gasteiger partial charge in [-0.05, 0) is 24.3 Å². The molecule has 2 aromatic carbocycles. The molecule has 4 aromatic rings. The highest BCUT2D eigenvalue weighted by atomic mass is 32.1. The number of carbonyl (C=O) groups excluding carboxylic acids is 1. The van der Waals surface area contributed by atoms with Gasteiger partial charge in [0, 0.05) is 17.6 Å². The summed E-state index contributed by atoms with van der Waals surface area (Å²) in [6.07, 6.45) is 1.43. The highest BCUT2D eigenvalue weighted by molar-refractivity contribution is 7.18. The largest absolute Gasteiger partial charge is 0.497 e. The molecule has 0 spiro atoms. The Balaban J connectivity index is 1.57. The SMILES string of the molecule is COc1ccc2c(=O)c(C(=O)NCc3nc4ccccc4s3)c[nH]c2c1. The molecule has 0 aliphatic heterocycles. The lowest BCUT2D eigenvalue weighted by atomic mass is 10.1. The monoisotopic (exact) mass is 365 g/mol. The summed E-state index contributed by atoms with van der Waals surface area (Å²) in [5, 5.41) is 4.00. The molecular weight excluding hydrogens is 350 g/mol. The lowest BCUT2D eigenvalue weighted by molar-refractivity contribution is 0.0949. The van der Waals surface area contributed by atoms with Gasteiger partial charge in [-0.3, -0.25) is 9.59 Å². The number of H-pyrrole nitrogens is 1. The van der Waals surface area contributed by atoms with Crippen LogP contribution in [-0.4, -0.2) is 23.0 Å². The highest BCUT2D eigenvalue weighted by Gasteiger charge is 2.14. The Bertz CT molecular complexity index is 1150. The van der Waals surface area contributed by atoms with Crippen molar-refractivity contribution in [3.05, 3.63) is 69.5 Å². The minimum absolute atomic E-state index is 0.0729. The zero-order valence-corrected chi connectivity index (χ0v) is 14.7. The number of rotatable bonds is 4. The third kappa shape index (κ3) is 2.93. The molecule has 7 heteroatoms. The van der Waals surface area contributed by atoms with E-state index in [4.69, 9.17) is 4.74 Å². The lowest BCUT2D eigenvalue weighted by Crippen LogP contribution is -2.28. The zero-order valence-electron chi connectivity index (χ0n) is 13.9. The number of aromatic amines is 1. The van der Waals surface area contributed by atoms with Gasteiger partial charge in [-0.1, -0.05) is 12.1 Å². The Morgan fingerprint density at radius 1 is 1.27 bits per heavy atom. The number of benzene rings is 2. The summed E-state index contributed by atoms with van der Waals surface area (Å²) < 4.78 is 6.21. The molecule has 0 fully saturated rings. The second-order valence-corrected chi connectivity index (χ2v) is 6.82. The molecule has 0 saturated heterocycles. The van der Waals surface area contributed by atoms with Gasteiger partial charge in [-0.25, -0.2) is 4.98 Å². The molecule has 1 amide bonds. The van der Waals surface area contributed by atoms with Gasteiger partial charge in [-0.2, -0.15) is 0 Å². The first-order valence-corrected chi connectivity index (χ1v) is 8.79. The van der Waals surface area contributed by atoms with Gasteiger partial charge in [0.05, 0.1) is 29.4 Å². The van der Waals surface area contributed by atoms with Crippen LogP contribution in [-0.2, 0) is 6.54 Å². The van der Waals surface area contributed by atoms with Crippen molar-refractivity contribution < 1.29 is 9.53 Å². The molecule has 2 aromatic heterocycles. The number of methoxy groups -OCH3 is 1. The summed E-state index contributed by atoms with van der Waals surface area (Å²) in [6.45, 7) is 0.276. The predicted molar refractivity (Wildman–Crippen MR) is 102 cm³/mol. The van der Waals surface area contributed by atoms with Crippen LogP contribution in [0.1, 0.15) is 15.4 Å². The number of amides is 1. The lowest BCUT2D eigenvalue weighted by Gasteiger charge is -2.06. The number of nitrogens with one attached hydrogen (secondary N) is 2. The smallest absolute Gasteiger partial charge is 0.257 e. The predicted octanol–water partition coefficient (Wildman–Crippen LogP) is 3.08. The fourth-order valence-electron chi connectivity index (χ4n) is 2.74. The van der Waals surface area contributed by atoms with Crippen molar-refractivity contribution in [3.63, 3.8) is 0 Å². The molecule has 0 aliphatic carbocycles. The van der Waals surface area contributed by atoms with Gasteiger partial charge >= 0.3 is 0 Å². The molecule has 0 unspecified atom stereocenters. The van der Waals surface area contributed by atoms with E-state index < -0.39 is 5.91 Å². The van der Waals surface area contributed by atoms with Crippen LogP contribution in [0.15, 0.2) is 53.5 Å². The quantitative estimate of drug-likeness (QED) is 0.582. The Hall–Kier alpha value is -3.19. The van der Waals surface area contributed by atoms with Crippen molar-refractivity contribution in [3.8, 4) is 5.75 Å². The first-order chi connectivity index (χ1) is 12.7. The van der Waals surface area contributed by atoms with Gasteiger partial charge < -0.3 is 15.0 Å². The van der Waals surface area contributed by atoms with Crippen molar-refractivity contribution >= 4 is 38.4 Å². The molecule has 2 N–H and O–H groups in total. The number of fused-ring (bicyclic) bond motifs is 2. The number of pyridine rings is 1. The van der Waals surface area contributed by atoms with E-state index in [9.17, 15) is 9.59 Å². The maximum atomic E-state index is 12.6. The maximum Gasteiger partial charge on any atom is 0.257 e. The van der Waals surface area contributed by atoms with E-state index in [0.717, 1.165) is 15.2 Å². The normalized spacial score (nSPS) is 11.0. The van der Waals surface area contributed by atoms with Crippen LogP contribution in [0, 0.1) is 0 Å². The van der Waals surface area contributed by atoms with Gasteiger partial charge in [0.25, 0.3) is 5.91 Å². The Morgan fingerprint density at radius 3 is 2.92 bits per heavy atom. The zero-order chi connectivity index (χ0) is 18.1. The number of thiazole rings is 1. The molecule has 0 radical (unpaired) electrons. The van der Waals surface area contributed by atoms with Gasteiger partial charge in [0.2, 0.25) is 5.43 Å². The number of aromatic nitrogens is 2. The molecule has 0 atom stereocenters. The molecule has 130 valence electrons. The molecule has 4 rings (SSSR count).